The largest absolute Gasteiger partial charge is 0.478 e. The third kappa shape index (κ3) is 6.37. The maximum atomic E-state index is 12.6. The molecule has 1 aliphatic heterocycles. The third-order valence-corrected chi connectivity index (χ3v) is 4.67. The summed E-state index contributed by atoms with van der Waals surface area (Å²) in [6.07, 6.45) is 4.20. The number of nitrogens with zero attached hydrogens (tertiary/aromatic N) is 1. The van der Waals surface area contributed by atoms with Crippen molar-refractivity contribution in [3.63, 3.8) is 0 Å². The number of ether oxygens (including phenoxy) is 1. The fraction of sp³-hybridized carbons (Fsp3) is 0.550. The van der Waals surface area contributed by atoms with Gasteiger partial charge in [0.15, 0.2) is 5.60 Å². The second kappa shape index (κ2) is 8.72. The van der Waals surface area contributed by atoms with E-state index in [1.54, 1.807) is 38.1 Å². The van der Waals surface area contributed by atoms with E-state index in [1.165, 1.54) is 5.57 Å². The van der Waals surface area contributed by atoms with Crippen LogP contribution in [0.4, 0.5) is 0 Å². The number of carbonyl (C=O) groups is 1. The van der Waals surface area contributed by atoms with Gasteiger partial charge >= 0.3 is 0 Å². The van der Waals surface area contributed by atoms with Crippen molar-refractivity contribution in [2.45, 2.75) is 52.2 Å². The zero-order chi connectivity index (χ0) is 18.4. The van der Waals surface area contributed by atoms with Crippen LogP contribution in [-0.2, 0) is 4.79 Å². The maximum absolute atomic E-state index is 12.6. The van der Waals surface area contributed by atoms with Gasteiger partial charge in [0.25, 0.3) is 5.91 Å². The molecule has 1 N–H and O–H groups in total. The Hall–Kier alpha value is -1.52. The lowest BCUT2D eigenvalue weighted by Gasteiger charge is -2.34. The summed E-state index contributed by atoms with van der Waals surface area (Å²) in [4.78, 5) is 15.0. The van der Waals surface area contributed by atoms with Crippen molar-refractivity contribution in [2.75, 3.05) is 19.6 Å². The summed E-state index contributed by atoms with van der Waals surface area (Å²) in [5.41, 5.74) is 0.420. The van der Waals surface area contributed by atoms with E-state index in [0.29, 0.717) is 10.8 Å². The zero-order valence-electron chi connectivity index (χ0n) is 15.6. The van der Waals surface area contributed by atoms with Crippen molar-refractivity contribution in [3.05, 3.63) is 40.9 Å². The number of carbonyl (C=O) groups excluding carboxylic acids is 1. The van der Waals surface area contributed by atoms with Crippen LogP contribution in [0, 0.1) is 0 Å². The Labute approximate surface area is 156 Å². The standard InChI is InChI=1S/C20H29ClN2O2/c1-15(2)9-12-23-13-10-17(11-14-23)22-19(24)20(3,4)25-18-7-5-16(21)6-8-18/h5-9,17H,10-14H2,1-4H3,(H,22,24). The molecule has 0 unspecified atom stereocenters. The Morgan fingerprint density at radius 3 is 2.44 bits per heavy atom. The van der Waals surface area contributed by atoms with Gasteiger partial charge in [-0.25, -0.2) is 0 Å². The highest BCUT2D eigenvalue weighted by Gasteiger charge is 2.32. The molecule has 1 fully saturated rings. The van der Waals surface area contributed by atoms with E-state index in [4.69, 9.17) is 16.3 Å². The molecule has 138 valence electrons. The summed E-state index contributed by atoms with van der Waals surface area (Å²) in [5.74, 6) is 0.561. The SMILES string of the molecule is CC(C)=CCN1CCC(NC(=O)C(C)(C)Oc2ccc(Cl)cc2)CC1. The first-order valence-corrected chi connectivity index (χ1v) is 9.25. The highest BCUT2D eigenvalue weighted by Crippen LogP contribution is 2.21. The van der Waals surface area contributed by atoms with Gasteiger partial charge in [0.05, 0.1) is 0 Å². The van der Waals surface area contributed by atoms with Crippen LogP contribution < -0.4 is 10.1 Å². The van der Waals surface area contributed by atoms with Crippen LogP contribution in [0.15, 0.2) is 35.9 Å². The third-order valence-electron chi connectivity index (χ3n) is 4.41. The first-order valence-electron chi connectivity index (χ1n) is 8.87. The van der Waals surface area contributed by atoms with E-state index < -0.39 is 5.60 Å². The number of hydrogen-bond acceptors (Lipinski definition) is 3. The average Bonchev–Trinajstić information content (AvgIpc) is 2.56. The lowest BCUT2D eigenvalue weighted by Crippen LogP contribution is -2.52. The summed E-state index contributed by atoms with van der Waals surface area (Å²) in [6.45, 7) is 10.8. The Morgan fingerprint density at radius 2 is 1.88 bits per heavy atom. The van der Waals surface area contributed by atoms with Crippen molar-refractivity contribution >= 4 is 17.5 Å². The van der Waals surface area contributed by atoms with Gasteiger partial charge in [-0.3, -0.25) is 9.69 Å². The molecule has 1 heterocycles. The van der Waals surface area contributed by atoms with Crippen molar-refractivity contribution in [2.24, 2.45) is 0 Å². The fourth-order valence-electron chi connectivity index (χ4n) is 2.77. The molecule has 2 rings (SSSR count). The molecule has 0 saturated carbocycles. The van der Waals surface area contributed by atoms with E-state index >= 15 is 0 Å². The Balaban J connectivity index is 1.82. The molecule has 4 nitrogen and oxygen atoms in total. The molecule has 0 bridgehead atoms. The molecule has 0 aromatic heterocycles. The van der Waals surface area contributed by atoms with E-state index in [9.17, 15) is 4.79 Å². The molecule has 1 saturated heterocycles. The van der Waals surface area contributed by atoms with Crippen LogP contribution in [0.25, 0.3) is 0 Å². The summed E-state index contributed by atoms with van der Waals surface area (Å²) in [5, 5.41) is 3.79. The highest BCUT2D eigenvalue weighted by atomic mass is 35.5. The van der Waals surface area contributed by atoms with E-state index in [0.717, 1.165) is 32.5 Å². The van der Waals surface area contributed by atoms with Crippen LogP contribution in [0.2, 0.25) is 5.02 Å². The minimum Gasteiger partial charge on any atom is -0.478 e. The molecule has 0 radical (unpaired) electrons. The minimum atomic E-state index is -0.924. The predicted molar refractivity (Wildman–Crippen MR) is 103 cm³/mol. The number of rotatable bonds is 6. The van der Waals surface area contributed by atoms with Gasteiger partial charge < -0.3 is 10.1 Å². The van der Waals surface area contributed by atoms with Crippen LogP contribution >= 0.6 is 11.6 Å². The normalized spacial score (nSPS) is 16.4. The number of likely N-dealkylation sites (tertiary alicyclic amines) is 1. The Morgan fingerprint density at radius 1 is 1.28 bits per heavy atom. The first-order chi connectivity index (χ1) is 11.8. The molecule has 1 amide bonds. The van der Waals surface area contributed by atoms with Gasteiger partial charge in [-0.1, -0.05) is 23.3 Å². The van der Waals surface area contributed by atoms with Gasteiger partial charge in [0, 0.05) is 30.7 Å². The molecule has 1 aromatic rings. The van der Waals surface area contributed by atoms with Crippen LogP contribution in [-0.4, -0.2) is 42.1 Å². The molecule has 0 aliphatic carbocycles. The van der Waals surface area contributed by atoms with Crippen molar-refractivity contribution in [1.82, 2.24) is 10.2 Å². The maximum Gasteiger partial charge on any atom is 0.263 e. The lowest BCUT2D eigenvalue weighted by atomic mass is 10.0. The van der Waals surface area contributed by atoms with Gasteiger partial charge in [-0.2, -0.15) is 0 Å². The second-order valence-corrected chi connectivity index (χ2v) is 7.83. The van der Waals surface area contributed by atoms with Crippen LogP contribution in [0.1, 0.15) is 40.5 Å². The summed E-state index contributed by atoms with van der Waals surface area (Å²) >= 11 is 5.88. The quantitative estimate of drug-likeness (QED) is 0.774. The molecule has 25 heavy (non-hydrogen) atoms. The van der Waals surface area contributed by atoms with Crippen molar-refractivity contribution < 1.29 is 9.53 Å². The van der Waals surface area contributed by atoms with Gasteiger partial charge in [0.1, 0.15) is 5.75 Å². The number of nitrogens with one attached hydrogen (secondary N) is 1. The highest BCUT2D eigenvalue weighted by molar-refractivity contribution is 6.30. The minimum absolute atomic E-state index is 0.0785. The predicted octanol–water partition coefficient (Wildman–Crippen LogP) is 4.04. The molecule has 1 aromatic carbocycles. The lowest BCUT2D eigenvalue weighted by molar-refractivity contribution is -0.135. The number of hydrogen-bond donors (Lipinski definition) is 1. The molecular weight excluding hydrogens is 336 g/mol. The monoisotopic (exact) mass is 364 g/mol. The Bertz CT molecular complexity index is 599. The molecule has 5 heteroatoms. The number of allylic oxidation sites excluding steroid dienone is 1. The topological polar surface area (TPSA) is 41.6 Å². The number of piperidine rings is 1. The average molecular weight is 365 g/mol. The zero-order valence-corrected chi connectivity index (χ0v) is 16.4. The number of halogens is 1. The van der Waals surface area contributed by atoms with E-state index in [-0.39, 0.29) is 11.9 Å². The summed E-state index contributed by atoms with van der Waals surface area (Å²) in [7, 11) is 0. The Kier molecular flexibility index (Phi) is 6.91. The molecular formula is C20H29ClN2O2. The van der Waals surface area contributed by atoms with Crippen molar-refractivity contribution in [3.8, 4) is 5.75 Å². The van der Waals surface area contributed by atoms with E-state index in [1.807, 2.05) is 0 Å². The van der Waals surface area contributed by atoms with Crippen LogP contribution in [0.3, 0.4) is 0 Å². The fourth-order valence-corrected chi connectivity index (χ4v) is 2.90. The van der Waals surface area contributed by atoms with Gasteiger partial charge in [-0.15, -0.1) is 0 Å². The van der Waals surface area contributed by atoms with Crippen LogP contribution in [0.5, 0.6) is 5.75 Å². The van der Waals surface area contributed by atoms with E-state index in [2.05, 4.69) is 30.1 Å². The molecule has 1 aliphatic rings. The smallest absolute Gasteiger partial charge is 0.263 e. The van der Waals surface area contributed by atoms with Gasteiger partial charge in [-0.05, 0) is 64.8 Å². The number of benzene rings is 1. The summed E-state index contributed by atoms with van der Waals surface area (Å²) in [6, 6.07) is 7.28. The van der Waals surface area contributed by atoms with Gasteiger partial charge in [0.2, 0.25) is 0 Å². The second-order valence-electron chi connectivity index (χ2n) is 7.40. The van der Waals surface area contributed by atoms with Crippen molar-refractivity contribution in [1.29, 1.82) is 0 Å². The number of amides is 1. The first kappa shape index (κ1) is 19.8. The molecule has 0 atom stereocenters. The summed E-state index contributed by atoms with van der Waals surface area (Å²) < 4.78 is 5.86. The molecule has 0 spiro atoms.